The number of rotatable bonds is 4. The standard InChI is InChI=1S/C18H13FN6O2S/c19-11-5-7-12(8-6-11)25-16(14-4-2-10-28-14)21-15(24-25)18(27)23-22-17(26)13-3-1-9-20-13/h1-10,20H,(H,22,26)(H,23,27). The summed E-state index contributed by atoms with van der Waals surface area (Å²) in [4.78, 5) is 32.1. The molecule has 0 aliphatic carbocycles. The highest BCUT2D eigenvalue weighted by molar-refractivity contribution is 7.13. The minimum atomic E-state index is -0.682. The van der Waals surface area contributed by atoms with Crippen molar-refractivity contribution in [3.8, 4) is 16.4 Å². The number of nitrogens with one attached hydrogen (secondary N) is 3. The molecule has 0 atom stereocenters. The van der Waals surface area contributed by atoms with Gasteiger partial charge in [0.1, 0.15) is 11.5 Å². The van der Waals surface area contributed by atoms with Gasteiger partial charge in [-0.3, -0.25) is 20.4 Å². The van der Waals surface area contributed by atoms with Crippen LogP contribution in [0.2, 0.25) is 0 Å². The van der Waals surface area contributed by atoms with E-state index in [0.29, 0.717) is 17.2 Å². The third-order valence-electron chi connectivity index (χ3n) is 3.76. The average Bonchev–Trinajstić information content (AvgIpc) is 3.47. The zero-order chi connectivity index (χ0) is 19.5. The highest BCUT2D eigenvalue weighted by Gasteiger charge is 2.20. The van der Waals surface area contributed by atoms with Crippen LogP contribution in [-0.4, -0.2) is 31.6 Å². The van der Waals surface area contributed by atoms with Gasteiger partial charge in [-0.05, 0) is 47.8 Å². The number of carbonyl (C=O) groups is 2. The summed E-state index contributed by atoms with van der Waals surface area (Å²) in [7, 11) is 0. The molecule has 4 rings (SSSR count). The van der Waals surface area contributed by atoms with Gasteiger partial charge >= 0.3 is 5.91 Å². The summed E-state index contributed by atoms with van der Waals surface area (Å²) in [6.45, 7) is 0. The molecule has 10 heteroatoms. The maximum Gasteiger partial charge on any atom is 0.309 e. The maximum atomic E-state index is 13.3. The van der Waals surface area contributed by atoms with Crippen molar-refractivity contribution in [1.82, 2.24) is 30.6 Å². The van der Waals surface area contributed by atoms with E-state index in [2.05, 4.69) is 25.9 Å². The Morgan fingerprint density at radius 2 is 1.82 bits per heavy atom. The second-order valence-electron chi connectivity index (χ2n) is 5.62. The van der Waals surface area contributed by atoms with E-state index in [4.69, 9.17) is 0 Å². The number of aromatic nitrogens is 4. The molecule has 0 saturated heterocycles. The van der Waals surface area contributed by atoms with Crippen molar-refractivity contribution in [2.45, 2.75) is 0 Å². The third kappa shape index (κ3) is 3.53. The van der Waals surface area contributed by atoms with Crippen molar-refractivity contribution in [2.24, 2.45) is 0 Å². The van der Waals surface area contributed by atoms with Crippen molar-refractivity contribution in [2.75, 3.05) is 0 Å². The Bertz CT molecular complexity index is 1100. The molecule has 0 radical (unpaired) electrons. The smallest absolute Gasteiger partial charge is 0.309 e. The first-order valence-corrected chi connectivity index (χ1v) is 9.01. The van der Waals surface area contributed by atoms with Crippen LogP contribution in [0, 0.1) is 5.82 Å². The summed E-state index contributed by atoms with van der Waals surface area (Å²) in [5, 5.41) is 6.10. The maximum absolute atomic E-state index is 13.3. The molecular formula is C18H13FN6O2S. The fourth-order valence-corrected chi connectivity index (χ4v) is 3.14. The lowest BCUT2D eigenvalue weighted by Gasteiger charge is -2.04. The third-order valence-corrected chi connectivity index (χ3v) is 4.62. The Morgan fingerprint density at radius 3 is 2.50 bits per heavy atom. The highest BCUT2D eigenvalue weighted by Crippen LogP contribution is 2.25. The van der Waals surface area contributed by atoms with Gasteiger partial charge < -0.3 is 4.98 Å². The first-order valence-electron chi connectivity index (χ1n) is 8.13. The summed E-state index contributed by atoms with van der Waals surface area (Å²) in [6.07, 6.45) is 1.59. The van der Waals surface area contributed by atoms with Crippen LogP contribution in [0.5, 0.6) is 0 Å². The number of hydrazine groups is 1. The van der Waals surface area contributed by atoms with E-state index in [1.54, 1.807) is 18.3 Å². The highest BCUT2D eigenvalue weighted by atomic mass is 32.1. The Labute approximate surface area is 162 Å². The quantitative estimate of drug-likeness (QED) is 0.461. The lowest BCUT2D eigenvalue weighted by Crippen LogP contribution is -2.42. The van der Waals surface area contributed by atoms with E-state index in [0.717, 1.165) is 4.88 Å². The SMILES string of the molecule is O=C(NNC(=O)c1ccc[nH]1)c1nc(-c2cccs2)n(-c2ccc(F)cc2)n1. The fourth-order valence-electron chi connectivity index (χ4n) is 2.44. The predicted molar refractivity (Wildman–Crippen MR) is 100 cm³/mol. The number of aromatic amines is 1. The zero-order valence-electron chi connectivity index (χ0n) is 14.2. The van der Waals surface area contributed by atoms with Gasteiger partial charge in [-0.2, -0.15) is 0 Å². The number of H-pyrrole nitrogens is 1. The van der Waals surface area contributed by atoms with Crippen molar-refractivity contribution in [3.63, 3.8) is 0 Å². The van der Waals surface area contributed by atoms with Gasteiger partial charge in [-0.25, -0.2) is 14.1 Å². The number of carbonyl (C=O) groups excluding carboxylic acids is 2. The van der Waals surface area contributed by atoms with Crippen LogP contribution in [0.15, 0.2) is 60.1 Å². The van der Waals surface area contributed by atoms with Crippen molar-refractivity contribution < 1.29 is 14.0 Å². The Kier molecular flexibility index (Phi) is 4.68. The van der Waals surface area contributed by atoms with Crippen LogP contribution in [0.3, 0.4) is 0 Å². The summed E-state index contributed by atoms with van der Waals surface area (Å²) < 4.78 is 14.7. The van der Waals surface area contributed by atoms with Crippen LogP contribution in [0.4, 0.5) is 4.39 Å². The number of hydrogen-bond acceptors (Lipinski definition) is 5. The minimum absolute atomic E-state index is 0.139. The summed E-state index contributed by atoms with van der Waals surface area (Å²) in [5.41, 5.74) is 5.41. The number of thiophene rings is 1. The van der Waals surface area contributed by atoms with E-state index in [9.17, 15) is 14.0 Å². The van der Waals surface area contributed by atoms with Gasteiger partial charge in [0.05, 0.1) is 10.6 Å². The summed E-state index contributed by atoms with van der Waals surface area (Å²) >= 11 is 1.43. The first kappa shape index (κ1) is 17.6. The van der Waals surface area contributed by atoms with E-state index in [1.807, 2.05) is 17.5 Å². The van der Waals surface area contributed by atoms with Crippen LogP contribution in [0.25, 0.3) is 16.4 Å². The van der Waals surface area contributed by atoms with Gasteiger partial charge in [-0.1, -0.05) is 6.07 Å². The van der Waals surface area contributed by atoms with E-state index >= 15 is 0 Å². The summed E-state index contributed by atoms with van der Waals surface area (Å²) in [6, 6.07) is 12.6. The number of amides is 2. The van der Waals surface area contributed by atoms with Gasteiger partial charge in [0.25, 0.3) is 5.91 Å². The second kappa shape index (κ2) is 7.45. The molecule has 28 heavy (non-hydrogen) atoms. The van der Waals surface area contributed by atoms with Gasteiger partial charge in [0.2, 0.25) is 5.82 Å². The van der Waals surface area contributed by atoms with Crippen molar-refractivity contribution in [3.05, 3.63) is 77.4 Å². The van der Waals surface area contributed by atoms with E-state index < -0.39 is 11.8 Å². The molecule has 140 valence electrons. The number of hydrogen-bond donors (Lipinski definition) is 3. The molecule has 2 amide bonds. The molecule has 3 N–H and O–H groups in total. The molecular weight excluding hydrogens is 383 g/mol. The van der Waals surface area contributed by atoms with Crippen LogP contribution in [-0.2, 0) is 0 Å². The van der Waals surface area contributed by atoms with E-state index in [-0.39, 0.29) is 11.6 Å². The molecule has 3 heterocycles. The first-order chi connectivity index (χ1) is 13.6. The van der Waals surface area contributed by atoms with Gasteiger partial charge in [0.15, 0.2) is 5.82 Å². The number of halogens is 1. The zero-order valence-corrected chi connectivity index (χ0v) is 15.0. The predicted octanol–water partition coefficient (Wildman–Crippen LogP) is 2.54. The molecule has 0 fully saturated rings. The molecule has 3 aromatic heterocycles. The van der Waals surface area contributed by atoms with Gasteiger partial charge in [0, 0.05) is 6.20 Å². The average molecular weight is 396 g/mol. The molecule has 0 aliphatic rings. The molecule has 1 aromatic carbocycles. The number of benzene rings is 1. The topological polar surface area (TPSA) is 105 Å². The minimum Gasteiger partial charge on any atom is -0.357 e. The van der Waals surface area contributed by atoms with E-state index in [1.165, 1.54) is 40.3 Å². The normalized spacial score (nSPS) is 10.6. The Hall–Kier alpha value is -3.79. The van der Waals surface area contributed by atoms with Crippen LogP contribution >= 0.6 is 11.3 Å². The lowest BCUT2D eigenvalue weighted by atomic mass is 10.3. The summed E-state index contributed by atoms with van der Waals surface area (Å²) in [5.74, 6) is -1.28. The van der Waals surface area contributed by atoms with Crippen molar-refractivity contribution >= 4 is 23.2 Å². The molecule has 0 bridgehead atoms. The largest absolute Gasteiger partial charge is 0.357 e. The van der Waals surface area contributed by atoms with Crippen LogP contribution in [0.1, 0.15) is 21.1 Å². The Balaban J connectivity index is 1.60. The number of nitrogens with zero attached hydrogens (tertiary/aromatic N) is 3. The lowest BCUT2D eigenvalue weighted by molar-refractivity contribution is 0.0838. The molecule has 0 spiro atoms. The Morgan fingerprint density at radius 1 is 1.04 bits per heavy atom. The molecule has 0 unspecified atom stereocenters. The molecule has 4 aromatic rings. The molecule has 8 nitrogen and oxygen atoms in total. The van der Waals surface area contributed by atoms with Gasteiger partial charge in [-0.15, -0.1) is 16.4 Å². The molecule has 0 aliphatic heterocycles. The fraction of sp³-hybridized carbons (Fsp3) is 0. The molecule has 0 saturated carbocycles. The van der Waals surface area contributed by atoms with Crippen LogP contribution < -0.4 is 10.9 Å². The van der Waals surface area contributed by atoms with Crippen molar-refractivity contribution in [1.29, 1.82) is 0 Å². The second-order valence-corrected chi connectivity index (χ2v) is 6.56. The monoisotopic (exact) mass is 396 g/mol.